The SMILES string of the molecule is CCCCCc1cc(OC)cc(OC)c1SO. The molecule has 17 heavy (non-hydrogen) atoms. The Hall–Kier alpha value is -0.870. The van der Waals surface area contributed by atoms with Crippen LogP contribution in [-0.2, 0) is 6.42 Å². The Balaban J connectivity index is 2.97. The lowest BCUT2D eigenvalue weighted by atomic mass is 10.1. The normalized spacial score (nSPS) is 10.4. The molecule has 0 unspecified atom stereocenters. The first-order chi connectivity index (χ1) is 8.26. The van der Waals surface area contributed by atoms with Crippen molar-refractivity contribution in [3.8, 4) is 11.5 Å². The van der Waals surface area contributed by atoms with Gasteiger partial charge in [-0.2, -0.15) is 0 Å². The van der Waals surface area contributed by atoms with E-state index in [1.807, 2.05) is 6.07 Å². The number of methoxy groups -OCH3 is 2. The van der Waals surface area contributed by atoms with E-state index in [0.29, 0.717) is 5.75 Å². The molecule has 0 atom stereocenters. The van der Waals surface area contributed by atoms with Crippen LogP contribution in [0.4, 0.5) is 0 Å². The monoisotopic (exact) mass is 256 g/mol. The van der Waals surface area contributed by atoms with Crippen LogP contribution in [0.2, 0.25) is 0 Å². The molecular weight excluding hydrogens is 236 g/mol. The van der Waals surface area contributed by atoms with E-state index < -0.39 is 0 Å². The summed E-state index contributed by atoms with van der Waals surface area (Å²) in [5.41, 5.74) is 1.09. The van der Waals surface area contributed by atoms with Crippen molar-refractivity contribution in [2.75, 3.05) is 14.2 Å². The van der Waals surface area contributed by atoms with Crippen LogP contribution in [0.15, 0.2) is 17.0 Å². The molecular formula is C13H20O3S. The Morgan fingerprint density at radius 2 is 1.94 bits per heavy atom. The highest BCUT2D eigenvalue weighted by atomic mass is 32.2. The maximum absolute atomic E-state index is 9.35. The third-order valence-corrected chi connectivity index (χ3v) is 3.35. The highest BCUT2D eigenvalue weighted by Crippen LogP contribution is 2.35. The number of rotatable bonds is 7. The van der Waals surface area contributed by atoms with Crippen molar-refractivity contribution in [2.45, 2.75) is 37.5 Å². The van der Waals surface area contributed by atoms with Gasteiger partial charge in [-0.3, -0.25) is 0 Å². The quantitative estimate of drug-likeness (QED) is 0.591. The lowest BCUT2D eigenvalue weighted by molar-refractivity contribution is 0.385. The van der Waals surface area contributed by atoms with E-state index in [2.05, 4.69) is 6.92 Å². The fraction of sp³-hybridized carbons (Fsp3) is 0.538. The molecule has 0 fully saturated rings. The van der Waals surface area contributed by atoms with Crippen molar-refractivity contribution in [2.24, 2.45) is 0 Å². The molecule has 0 amide bonds. The Kier molecular flexibility index (Phi) is 6.22. The fourth-order valence-corrected chi connectivity index (χ4v) is 2.27. The van der Waals surface area contributed by atoms with Crippen LogP contribution in [0.25, 0.3) is 0 Å². The predicted molar refractivity (Wildman–Crippen MR) is 71.3 cm³/mol. The van der Waals surface area contributed by atoms with Crippen molar-refractivity contribution >= 4 is 12.0 Å². The number of unbranched alkanes of at least 4 members (excludes halogenated alkanes) is 2. The summed E-state index contributed by atoms with van der Waals surface area (Å²) in [6, 6.07) is 3.76. The van der Waals surface area contributed by atoms with Gasteiger partial charge in [0.05, 0.1) is 19.1 Å². The minimum Gasteiger partial charge on any atom is -0.497 e. The zero-order valence-corrected chi connectivity index (χ0v) is 11.5. The summed E-state index contributed by atoms with van der Waals surface area (Å²) >= 11 is 0.743. The van der Waals surface area contributed by atoms with E-state index >= 15 is 0 Å². The summed E-state index contributed by atoms with van der Waals surface area (Å²) < 4.78 is 19.8. The molecule has 0 saturated carbocycles. The second kappa shape index (κ2) is 7.45. The average molecular weight is 256 g/mol. The van der Waals surface area contributed by atoms with Crippen LogP contribution in [-0.4, -0.2) is 18.8 Å². The van der Waals surface area contributed by atoms with E-state index in [0.717, 1.165) is 41.1 Å². The van der Waals surface area contributed by atoms with Crippen molar-refractivity contribution in [1.82, 2.24) is 0 Å². The van der Waals surface area contributed by atoms with Crippen molar-refractivity contribution in [1.29, 1.82) is 0 Å². The Bertz CT molecular complexity index is 353. The van der Waals surface area contributed by atoms with Gasteiger partial charge in [-0.25, -0.2) is 0 Å². The van der Waals surface area contributed by atoms with E-state index in [-0.39, 0.29) is 0 Å². The van der Waals surface area contributed by atoms with Crippen LogP contribution < -0.4 is 9.47 Å². The number of hydrogen-bond donors (Lipinski definition) is 1. The van der Waals surface area contributed by atoms with Crippen molar-refractivity contribution < 1.29 is 14.0 Å². The van der Waals surface area contributed by atoms with Crippen molar-refractivity contribution in [3.63, 3.8) is 0 Å². The smallest absolute Gasteiger partial charge is 0.138 e. The summed E-state index contributed by atoms with van der Waals surface area (Å²) in [4.78, 5) is 0.796. The lowest BCUT2D eigenvalue weighted by Gasteiger charge is -2.13. The van der Waals surface area contributed by atoms with Gasteiger partial charge in [-0.1, -0.05) is 19.8 Å². The highest BCUT2D eigenvalue weighted by Gasteiger charge is 2.12. The molecule has 0 radical (unpaired) electrons. The predicted octanol–water partition coefficient (Wildman–Crippen LogP) is 4.00. The number of ether oxygens (including phenoxy) is 2. The second-order valence-electron chi connectivity index (χ2n) is 3.87. The summed E-state index contributed by atoms with van der Waals surface area (Å²) in [6.07, 6.45) is 4.42. The van der Waals surface area contributed by atoms with Crippen LogP contribution in [0.3, 0.4) is 0 Å². The number of aryl methyl sites for hydroxylation is 1. The van der Waals surface area contributed by atoms with Gasteiger partial charge in [0.15, 0.2) is 0 Å². The van der Waals surface area contributed by atoms with Gasteiger partial charge in [0, 0.05) is 18.1 Å². The second-order valence-corrected chi connectivity index (χ2v) is 4.46. The van der Waals surface area contributed by atoms with E-state index in [9.17, 15) is 4.55 Å². The number of benzene rings is 1. The largest absolute Gasteiger partial charge is 0.497 e. The molecule has 0 heterocycles. The maximum Gasteiger partial charge on any atom is 0.138 e. The van der Waals surface area contributed by atoms with Gasteiger partial charge in [0.2, 0.25) is 0 Å². The van der Waals surface area contributed by atoms with E-state index in [1.54, 1.807) is 20.3 Å². The summed E-state index contributed by atoms with van der Waals surface area (Å²) in [6.45, 7) is 2.17. The summed E-state index contributed by atoms with van der Waals surface area (Å²) in [5, 5.41) is 0. The van der Waals surface area contributed by atoms with Gasteiger partial charge in [0.1, 0.15) is 11.5 Å². The Labute approximate surface area is 107 Å². The topological polar surface area (TPSA) is 38.7 Å². The van der Waals surface area contributed by atoms with Crippen LogP contribution >= 0.6 is 12.0 Å². The molecule has 1 aromatic carbocycles. The van der Waals surface area contributed by atoms with E-state index in [4.69, 9.17) is 9.47 Å². The molecule has 0 aliphatic heterocycles. The minimum atomic E-state index is 0.670. The zero-order valence-electron chi connectivity index (χ0n) is 10.7. The molecule has 0 aromatic heterocycles. The molecule has 1 rings (SSSR count). The molecule has 0 spiro atoms. The standard InChI is InChI=1S/C13H20O3S/c1-4-5-6-7-10-8-11(15-2)9-12(16-3)13(10)17-14/h8-9,14H,4-7H2,1-3H3. The maximum atomic E-state index is 9.35. The molecule has 0 aliphatic carbocycles. The molecule has 4 heteroatoms. The third kappa shape index (κ3) is 3.82. The van der Waals surface area contributed by atoms with Gasteiger partial charge < -0.3 is 14.0 Å². The summed E-state index contributed by atoms with van der Waals surface area (Å²) in [5.74, 6) is 1.44. The molecule has 0 bridgehead atoms. The zero-order chi connectivity index (χ0) is 12.7. The molecule has 1 aromatic rings. The molecule has 1 N–H and O–H groups in total. The van der Waals surface area contributed by atoms with Gasteiger partial charge >= 0.3 is 0 Å². The first kappa shape index (κ1) is 14.2. The lowest BCUT2D eigenvalue weighted by Crippen LogP contribution is -1.96. The van der Waals surface area contributed by atoms with Gasteiger partial charge in [-0.15, -0.1) is 0 Å². The number of hydrogen-bond acceptors (Lipinski definition) is 4. The minimum absolute atomic E-state index is 0.670. The van der Waals surface area contributed by atoms with Crippen LogP contribution in [0.5, 0.6) is 11.5 Å². The van der Waals surface area contributed by atoms with Crippen molar-refractivity contribution in [3.05, 3.63) is 17.7 Å². The van der Waals surface area contributed by atoms with E-state index in [1.165, 1.54) is 12.8 Å². The molecule has 96 valence electrons. The van der Waals surface area contributed by atoms with Gasteiger partial charge in [-0.05, 0) is 24.5 Å². The molecule has 3 nitrogen and oxygen atoms in total. The van der Waals surface area contributed by atoms with Crippen LogP contribution in [0, 0.1) is 0 Å². The van der Waals surface area contributed by atoms with Crippen LogP contribution in [0.1, 0.15) is 31.7 Å². The van der Waals surface area contributed by atoms with Gasteiger partial charge in [0.25, 0.3) is 0 Å². The summed E-state index contributed by atoms with van der Waals surface area (Å²) in [7, 11) is 3.24. The fourth-order valence-electron chi connectivity index (χ4n) is 1.76. The highest BCUT2D eigenvalue weighted by molar-refractivity contribution is 7.94. The first-order valence-corrected chi connectivity index (χ1v) is 6.60. The third-order valence-electron chi connectivity index (χ3n) is 2.70. The Morgan fingerprint density at radius 3 is 2.47 bits per heavy atom. The molecule has 0 aliphatic rings. The average Bonchev–Trinajstić information content (AvgIpc) is 2.37. The Morgan fingerprint density at radius 1 is 1.18 bits per heavy atom. The first-order valence-electron chi connectivity index (χ1n) is 5.83. The molecule has 0 saturated heterocycles.